The first-order valence-corrected chi connectivity index (χ1v) is 9.02. The average Bonchev–Trinajstić information content (AvgIpc) is 2.53. The Balaban J connectivity index is 2.58. The van der Waals surface area contributed by atoms with Crippen molar-refractivity contribution in [3.63, 3.8) is 0 Å². The number of para-hydroxylation sites is 1. The van der Waals surface area contributed by atoms with Gasteiger partial charge in [0.25, 0.3) is 0 Å². The standard InChI is InChI=1S/C16H26FN3OS/c1-4-13(21-15-9-7-6-8-14(15)17)12-20-16(18-5-2)19-10-11-22-3/h6-9,13H,4-5,10-12H2,1-3H3,(H2,18,19,20). The Bertz CT molecular complexity index is 457. The fraction of sp³-hybridized carbons (Fsp3) is 0.562. The SMILES string of the molecule is CCNC(=NCC(CC)Oc1ccccc1F)NCCSC. The second-order valence-electron chi connectivity index (χ2n) is 4.72. The van der Waals surface area contributed by atoms with Crippen LogP contribution < -0.4 is 15.4 Å². The summed E-state index contributed by atoms with van der Waals surface area (Å²) in [5.41, 5.74) is 0. The quantitative estimate of drug-likeness (QED) is 0.416. The highest BCUT2D eigenvalue weighted by Crippen LogP contribution is 2.18. The van der Waals surface area contributed by atoms with Gasteiger partial charge in [0, 0.05) is 18.8 Å². The summed E-state index contributed by atoms with van der Waals surface area (Å²) in [6, 6.07) is 6.46. The van der Waals surface area contributed by atoms with Crippen LogP contribution in [-0.4, -0.2) is 43.7 Å². The van der Waals surface area contributed by atoms with E-state index in [1.165, 1.54) is 6.07 Å². The number of thioether (sulfide) groups is 1. The monoisotopic (exact) mass is 327 g/mol. The normalized spacial score (nSPS) is 12.8. The maximum absolute atomic E-state index is 13.6. The van der Waals surface area contributed by atoms with Crippen molar-refractivity contribution in [3.05, 3.63) is 30.1 Å². The second-order valence-corrected chi connectivity index (χ2v) is 5.70. The van der Waals surface area contributed by atoms with Crippen molar-refractivity contribution in [1.29, 1.82) is 0 Å². The molecule has 0 heterocycles. The first kappa shape index (κ1) is 18.6. The Labute approximate surface area is 136 Å². The molecule has 0 aliphatic rings. The molecule has 0 spiro atoms. The van der Waals surface area contributed by atoms with Crippen LogP contribution in [0, 0.1) is 5.82 Å². The van der Waals surface area contributed by atoms with E-state index in [4.69, 9.17) is 4.74 Å². The maximum Gasteiger partial charge on any atom is 0.191 e. The van der Waals surface area contributed by atoms with Gasteiger partial charge in [0.1, 0.15) is 6.10 Å². The number of aliphatic imine (C=N–C) groups is 1. The van der Waals surface area contributed by atoms with Crippen molar-refractivity contribution in [3.8, 4) is 5.75 Å². The third kappa shape index (κ3) is 7.02. The van der Waals surface area contributed by atoms with Crippen LogP contribution in [0.15, 0.2) is 29.3 Å². The van der Waals surface area contributed by atoms with Gasteiger partial charge >= 0.3 is 0 Å². The molecule has 1 aromatic rings. The summed E-state index contributed by atoms with van der Waals surface area (Å²) in [4.78, 5) is 4.52. The van der Waals surface area contributed by atoms with E-state index in [1.807, 2.05) is 13.8 Å². The van der Waals surface area contributed by atoms with Crippen LogP contribution in [0.4, 0.5) is 4.39 Å². The summed E-state index contributed by atoms with van der Waals surface area (Å²) in [5, 5.41) is 6.46. The smallest absolute Gasteiger partial charge is 0.191 e. The van der Waals surface area contributed by atoms with Crippen LogP contribution in [0.1, 0.15) is 20.3 Å². The van der Waals surface area contributed by atoms with E-state index in [-0.39, 0.29) is 17.7 Å². The zero-order chi connectivity index (χ0) is 16.2. The fourth-order valence-corrected chi connectivity index (χ4v) is 2.08. The van der Waals surface area contributed by atoms with Gasteiger partial charge in [-0.3, -0.25) is 0 Å². The molecule has 4 nitrogen and oxygen atoms in total. The maximum atomic E-state index is 13.6. The molecule has 0 aromatic heterocycles. The molecule has 124 valence electrons. The number of ether oxygens (including phenoxy) is 1. The number of guanidine groups is 1. The molecule has 0 fully saturated rings. The summed E-state index contributed by atoms with van der Waals surface area (Å²) < 4.78 is 19.3. The predicted octanol–water partition coefficient (Wildman–Crippen LogP) is 2.90. The van der Waals surface area contributed by atoms with Gasteiger partial charge in [-0.15, -0.1) is 0 Å². The Morgan fingerprint density at radius 3 is 2.73 bits per heavy atom. The molecule has 0 amide bonds. The van der Waals surface area contributed by atoms with Crippen molar-refractivity contribution in [2.45, 2.75) is 26.4 Å². The predicted molar refractivity (Wildman–Crippen MR) is 93.5 cm³/mol. The van der Waals surface area contributed by atoms with Crippen LogP contribution >= 0.6 is 11.8 Å². The zero-order valence-electron chi connectivity index (χ0n) is 13.6. The number of halogens is 1. The third-order valence-electron chi connectivity index (χ3n) is 2.98. The molecule has 0 aliphatic heterocycles. The highest BCUT2D eigenvalue weighted by Gasteiger charge is 2.11. The molecular formula is C16H26FN3OS. The van der Waals surface area contributed by atoms with Crippen LogP contribution in [0.3, 0.4) is 0 Å². The average molecular weight is 327 g/mol. The van der Waals surface area contributed by atoms with E-state index in [0.717, 1.165) is 31.2 Å². The van der Waals surface area contributed by atoms with E-state index >= 15 is 0 Å². The van der Waals surface area contributed by atoms with Crippen molar-refractivity contribution >= 4 is 17.7 Å². The lowest BCUT2D eigenvalue weighted by Gasteiger charge is -2.17. The Morgan fingerprint density at radius 1 is 1.32 bits per heavy atom. The second kappa shape index (κ2) is 11.2. The Morgan fingerprint density at radius 2 is 2.09 bits per heavy atom. The highest BCUT2D eigenvalue weighted by atomic mass is 32.2. The summed E-state index contributed by atoms with van der Waals surface area (Å²) in [5.74, 6) is 1.74. The third-order valence-corrected chi connectivity index (χ3v) is 3.59. The van der Waals surface area contributed by atoms with Crippen LogP contribution in [-0.2, 0) is 0 Å². The van der Waals surface area contributed by atoms with E-state index in [1.54, 1.807) is 30.0 Å². The van der Waals surface area contributed by atoms with E-state index in [0.29, 0.717) is 6.54 Å². The summed E-state index contributed by atoms with van der Waals surface area (Å²) in [6.45, 7) is 6.18. The lowest BCUT2D eigenvalue weighted by atomic mass is 10.2. The van der Waals surface area contributed by atoms with Gasteiger partial charge in [0.05, 0.1) is 6.54 Å². The molecule has 0 aliphatic carbocycles. The largest absolute Gasteiger partial charge is 0.485 e. The lowest BCUT2D eigenvalue weighted by molar-refractivity contribution is 0.196. The fourth-order valence-electron chi connectivity index (χ4n) is 1.78. The number of nitrogens with zero attached hydrogens (tertiary/aromatic N) is 1. The molecule has 0 saturated carbocycles. The van der Waals surface area contributed by atoms with Crippen molar-refractivity contribution in [2.24, 2.45) is 4.99 Å². The van der Waals surface area contributed by atoms with Gasteiger partial charge in [0.2, 0.25) is 0 Å². The molecule has 1 atom stereocenters. The first-order valence-electron chi connectivity index (χ1n) is 7.63. The minimum atomic E-state index is -0.338. The van der Waals surface area contributed by atoms with E-state index in [2.05, 4.69) is 21.9 Å². The van der Waals surface area contributed by atoms with Crippen molar-refractivity contribution < 1.29 is 9.13 Å². The van der Waals surface area contributed by atoms with Crippen LogP contribution in [0.5, 0.6) is 5.75 Å². The summed E-state index contributed by atoms with van der Waals surface area (Å²) in [6.07, 6.45) is 2.69. The van der Waals surface area contributed by atoms with Crippen LogP contribution in [0.2, 0.25) is 0 Å². The van der Waals surface area contributed by atoms with Crippen molar-refractivity contribution in [2.75, 3.05) is 31.6 Å². The van der Waals surface area contributed by atoms with Gasteiger partial charge in [-0.25, -0.2) is 9.38 Å². The topological polar surface area (TPSA) is 45.7 Å². The number of benzene rings is 1. The lowest BCUT2D eigenvalue weighted by Crippen LogP contribution is -2.39. The highest BCUT2D eigenvalue weighted by molar-refractivity contribution is 7.98. The Kier molecular flexibility index (Phi) is 9.46. The number of nitrogens with one attached hydrogen (secondary N) is 2. The van der Waals surface area contributed by atoms with Gasteiger partial charge < -0.3 is 15.4 Å². The molecule has 0 saturated heterocycles. The molecule has 1 unspecified atom stereocenters. The zero-order valence-corrected chi connectivity index (χ0v) is 14.4. The van der Waals surface area contributed by atoms with E-state index < -0.39 is 0 Å². The first-order chi connectivity index (χ1) is 10.7. The minimum Gasteiger partial charge on any atom is -0.485 e. The molecule has 1 aromatic carbocycles. The van der Waals surface area contributed by atoms with Gasteiger partial charge in [-0.05, 0) is 31.7 Å². The molecule has 22 heavy (non-hydrogen) atoms. The van der Waals surface area contributed by atoms with Gasteiger partial charge in [-0.2, -0.15) is 11.8 Å². The summed E-state index contributed by atoms with van der Waals surface area (Å²) in [7, 11) is 0. The van der Waals surface area contributed by atoms with Crippen LogP contribution in [0.25, 0.3) is 0 Å². The van der Waals surface area contributed by atoms with E-state index in [9.17, 15) is 4.39 Å². The number of rotatable bonds is 9. The molecule has 2 N–H and O–H groups in total. The molecule has 6 heteroatoms. The summed E-state index contributed by atoms with van der Waals surface area (Å²) >= 11 is 1.78. The minimum absolute atomic E-state index is 0.145. The van der Waals surface area contributed by atoms with Gasteiger partial charge in [0.15, 0.2) is 17.5 Å². The number of hydrogen-bond donors (Lipinski definition) is 2. The Hall–Kier alpha value is -1.43. The molecular weight excluding hydrogens is 301 g/mol. The number of hydrogen-bond acceptors (Lipinski definition) is 3. The molecule has 0 radical (unpaired) electrons. The van der Waals surface area contributed by atoms with Gasteiger partial charge in [-0.1, -0.05) is 19.1 Å². The molecule has 0 bridgehead atoms. The molecule has 1 rings (SSSR count). The van der Waals surface area contributed by atoms with Crippen molar-refractivity contribution in [1.82, 2.24) is 10.6 Å².